The first kappa shape index (κ1) is 12.3. The Bertz CT molecular complexity index is 549. The van der Waals surface area contributed by atoms with Gasteiger partial charge in [-0.1, -0.05) is 0 Å². The van der Waals surface area contributed by atoms with Crippen LogP contribution in [0.2, 0.25) is 0 Å². The van der Waals surface area contributed by atoms with E-state index in [0.717, 1.165) is 18.4 Å². The summed E-state index contributed by atoms with van der Waals surface area (Å²) in [5.41, 5.74) is 1.84. The van der Waals surface area contributed by atoms with Gasteiger partial charge in [-0.15, -0.1) is 0 Å². The maximum absolute atomic E-state index is 12.5. The molecule has 2 unspecified atom stereocenters. The number of nitrogens with one attached hydrogen (secondary N) is 1. The van der Waals surface area contributed by atoms with E-state index in [4.69, 9.17) is 5.26 Å². The lowest BCUT2D eigenvalue weighted by atomic mass is 9.86. The Hall–Kier alpha value is -1.73. The molecule has 3 rings (SSSR count). The first-order chi connectivity index (χ1) is 9.17. The van der Waals surface area contributed by atoms with Crippen molar-refractivity contribution in [2.24, 2.45) is 5.92 Å². The minimum Gasteiger partial charge on any atom is -0.311 e. The van der Waals surface area contributed by atoms with Crippen molar-refractivity contribution < 1.29 is 4.79 Å². The lowest BCUT2D eigenvalue weighted by Gasteiger charge is -2.28. The molecule has 98 valence electrons. The number of ketones is 1. The molecule has 2 aliphatic rings. The topological polar surface area (TPSA) is 65.8 Å². The summed E-state index contributed by atoms with van der Waals surface area (Å²) in [6.45, 7) is 1.83. The first-order valence-corrected chi connectivity index (χ1v) is 6.84. The number of carbonyl (C=O) groups excluding carboxylic acids is 1. The monoisotopic (exact) mass is 255 g/mol. The van der Waals surface area contributed by atoms with E-state index in [-0.39, 0.29) is 11.7 Å². The molecule has 0 radical (unpaired) electrons. The highest BCUT2D eigenvalue weighted by atomic mass is 16.1. The average molecular weight is 255 g/mol. The lowest BCUT2D eigenvalue weighted by Crippen LogP contribution is -2.40. The van der Waals surface area contributed by atoms with Crippen LogP contribution in [0.4, 0.5) is 0 Å². The molecule has 19 heavy (non-hydrogen) atoms. The summed E-state index contributed by atoms with van der Waals surface area (Å²) in [4.78, 5) is 16.6. The van der Waals surface area contributed by atoms with Gasteiger partial charge in [0.25, 0.3) is 0 Å². The van der Waals surface area contributed by atoms with Crippen molar-refractivity contribution in [2.75, 3.05) is 0 Å². The molecule has 2 aliphatic heterocycles. The van der Waals surface area contributed by atoms with E-state index in [0.29, 0.717) is 23.3 Å². The fraction of sp³-hybridized carbons (Fsp3) is 0.533. The Balaban J connectivity index is 1.80. The van der Waals surface area contributed by atoms with Gasteiger partial charge in [0.15, 0.2) is 5.78 Å². The van der Waals surface area contributed by atoms with E-state index >= 15 is 0 Å². The zero-order chi connectivity index (χ0) is 13.4. The second-order valence-electron chi connectivity index (χ2n) is 5.67. The van der Waals surface area contributed by atoms with Crippen LogP contribution in [0.5, 0.6) is 0 Å². The summed E-state index contributed by atoms with van der Waals surface area (Å²) in [5.74, 6) is 0.311. The molecular formula is C15H17N3O. The Morgan fingerprint density at radius 1 is 1.42 bits per heavy atom. The number of aromatic nitrogens is 1. The number of Topliss-reactive ketones (excluding diaryl/α,β-unsaturated/α-hetero) is 1. The van der Waals surface area contributed by atoms with Crippen LogP contribution < -0.4 is 5.32 Å². The minimum atomic E-state index is 0.118. The van der Waals surface area contributed by atoms with Gasteiger partial charge in [0.05, 0.1) is 0 Å². The zero-order valence-corrected chi connectivity index (χ0v) is 11.0. The van der Waals surface area contributed by atoms with Crippen molar-refractivity contribution in [1.29, 1.82) is 5.26 Å². The number of rotatable bonds is 2. The lowest BCUT2D eigenvalue weighted by molar-refractivity contribution is 0.0875. The summed E-state index contributed by atoms with van der Waals surface area (Å²) in [7, 11) is 0. The molecule has 1 aromatic rings. The normalized spacial score (nSPS) is 28.9. The molecule has 2 fully saturated rings. The van der Waals surface area contributed by atoms with E-state index in [1.807, 2.05) is 13.0 Å². The number of fused-ring (bicyclic) bond motifs is 2. The van der Waals surface area contributed by atoms with Crippen LogP contribution >= 0.6 is 0 Å². The zero-order valence-electron chi connectivity index (χ0n) is 11.0. The van der Waals surface area contributed by atoms with E-state index in [1.54, 1.807) is 12.3 Å². The minimum absolute atomic E-state index is 0.118. The molecule has 0 saturated carbocycles. The Morgan fingerprint density at radius 2 is 2.11 bits per heavy atom. The third-order valence-electron chi connectivity index (χ3n) is 4.31. The van der Waals surface area contributed by atoms with Crippen LogP contribution in [0, 0.1) is 24.2 Å². The highest BCUT2D eigenvalue weighted by Crippen LogP contribution is 2.32. The molecule has 2 atom stereocenters. The van der Waals surface area contributed by atoms with Crippen molar-refractivity contribution in [1.82, 2.24) is 10.3 Å². The molecule has 4 nitrogen and oxygen atoms in total. The summed E-state index contributed by atoms with van der Waals surface area (Å²) in [6, 6.07) is 4.86. The van der Waals surface area contributed by atoms with Gasteiger partial charge in [0.2, 0.25) is 0 Å². The Kier molecular flexibility index (Phi) is 3.08. The number of nitriles is 1. The van der Waals surface area contributed by atoms with Crippen LogP contribution in [0.25, 0.3) is 0 Å². The van der Waals surface area contributed by atoms with Gasteiger partial charge in [-0.3, -0.25) is 4.79 Å². The Labute approximate surface area is 112 Å². The van der Waals surface area contributed by atoms with Crippen molar-refractivity contribution in [3.63, 3.8) is 0 Å². The molecule has 0 amide bonds. The molecule has 2 bridgehead atoms. The van der Waals surface area contributed by atoms with Crippen molar-refractivity contribution in [3.05, 3.63) is 29.1 Å². The van der Waals surface area contributed by atoms with Crippen LogP contribution in [0.1, 0.15) is 47.3 Å². The number of aryl methyl sites for hydroxylation is 1. The van der Waals surface area contributed by atoms with Gasteiger partial charge in [-0.2, -0.15) is 5.26 Å². The molecule has 2 saturated heterocycles. The van der Waals surface area contributed by atoms with Crippen molar-refractivity contribution >= 4 is 5.78 Å². The number of hydrogen-bond acceptors (Lipinski definition) is 4. The molecular weight excluding hydrogens is 238 g/mol. The van der Waals surface area contributed by atoms with Crippen LogP contribution in [0.3, 0.4) is 0 Å². The summed E-state index contributed by atoms with van der Waals surface area (Å²) in [5, 5.41) is 12.4. The third kappa shape index (κ3) is 2.26. The first-order valence-electron chi connectivity index (χ1n) is 6.84. The van der Waals surface area contributed by atoms with E-state index < -0.39 is 0 Å². The SMILES string of the molecule is Cc1cc(C(=O)C2CC3CCC(C2)N3)cnc1C#N. The quantitative estimate of drug-likeness (QED) is 0.821. The van der Waals surface area contributed by atoms with Crippen molar-refractivity contribution in [3.8, 4) is 6.07 Å². The molecule has 0 spiro atoms. The van der Waals surface area contributed by atoms with Gasteiger partial charge in [0.1, 0.15) is 11.8 Å². The van der Waals surface area contributed by atoms with Gasteiger partial charge < -0.3 is 5.32 Å². The predicted octanol–water partition coefficient (Wildman–Crippen LogP) is 1.97. The van der Waals surface area contributed by atoms with Crippen molar-refractivity contribution in [2.45, 2.75) is 44.7 Å². The van der Waals surface area contributed by atoms with Crippen LogP contribution in [0.15, 0.2) is 12.3 Å². The number of piperidine rings is 1. The number of pyridine rings is 1. The molecule has 0 aliphatic carbocycles. The summed E-state index contributed by atoms with van der Waals surface area (Å²) >= 11 is 0. The van der Waals surface area contributed by atoms with Gasteiger partial charge >= 0.3 is 0 Å². The fourth-order valence-corrected chi connectivity index (χ4v) is 3.33. The van der Waals surface area contributed by atoms with Gasteiger partial charge in [-0.25, -0.2) is 4.98 Å². The standard InChI is InChI=1S/C15H17N3O/c1-9-4-11(8-17-14(9)7-16)15(19)10-5-12-2-3-13(6-10)18-12/h4,8,10,12-13,18H,2-3,5-6H2,1H3. The summed E-state index contributed by atoms with van der Waals surface area (Å²) < 4.78 is 0. The molecule has 4 heteroatoms. The second kappa shape index (κ2) is 4.75. The smallest absolute Gasteiger partial charge is 0.167 e. The van der Waals surface area contributed by atoms with Crippen LogP contribution in [-0.2, 0) is 0 Å². The Morgan fingerprint density at radius 3 is 2.68 bits per heavy atom. The van der Waals surface area contributed by atoms with Crippen LogP contribution in [-0.4, -0.2) is 22.9 Å². The number of carbonyl (C=O) groups is 1. The molecule has 0 aromatic carbocycles. The van der Waals surface area contributed by atoms with Gasteiger partial charge in [-0.05, 0) is 44.2 Å². The van der Waals surface area contributed by atoms with Gasteiger partial charge in [0, 0.05) is 29.8 Å². The highest BCUT2D eigenvalue weighted by Gasteiger charge is 2.36. The molecule has 1 N–H and O–H groups in total. The number of nitrogens with zero attached hydrogens (tertiary/aromatic N) is 2. The highest BCUT2D eigenvalue weighted by molar-refractivity contribution is 5.98. The molecule has 3 heterocycles. The largest absolute Gasteiger partial charge is 0.311 e. The third-order valence-corrected chi connectivity index (χ3v) is 4.31. The number of hydrogen-bond donors (Lipinski definition) is 1. The summed E-state index contributed by atoms with van der Waals surface area (Å²) in [6.07, 6.45) is 5.82. The second-order valence-corrected chi connectivity index (χ2v) is 5.67. The fourth-order valence-electron chi connectivity index (χ4n) is 3.33. The van der Waals surface area contributed by atoms with E-state index in [9.17, 15) is 4.79 Å². The maximum Gasteiger partial charge on any atom is 0.167 e. The average Bonchev–Trinajstić information content (AvgIpc) is 2.76. The molecule has 1 aromatic heterocycles. The maximum atomic E-state index is 12.5. The predicted molar refractivity (Wildman–Crippen MR) is 70.7 cm³/mol. The van der Waals surface area contributed by atoms with E-state index in [2.05, 4.69) is 10.3 Å². The van der Waals surface area contributed by atoms with E-state index in [1.165, 1.54) is 12.8 Å².